The monoisotopic (exact) mass is 205 g/mol. The van der Waals surface area contributed by atoms with Crippen LogP contribution in [0.5, 0.6) is 0 Å². The van der Waals surface area contributed by atoms with Gasteiger partial charge in [-0.05, 0) is 18.6 Å². The number of aliphatic hydroxyl groups is 1. The highest BCUT2D eigenvalue weighted by atomic mass is 16.4. The quantitative estimate of drug-likeness (QED) is 0.697. The number of aryl methyl sites for hydroxylation is 1. The molecule has 1 aromatic heterocycles. The zero-order valence-electron chi connectivity index (χ0n) is 8.19. The fourth-order valence-corrected chi connectivity index (χ4v) is 1.61. The third-order valence-electron chi connectivity index (χ3n) is 2.41. The van der Waals surface area contributed by atoms with Gasteiger partial charge in [0.1, 0.15) is 0 Å². The fourth-order valence-electron chi connectivity index (χ4n) is 1.61. The highest BCUT2D eigenvalue weighted by Crippen LogP contribution is 2.22. The first-order chi connectivity index (χ1) is 7.09. The number of aromatic amines is 1. The van der Waals surface area contributed by atoms with E-state index in [0.717, 1.165) is 16.5 Å². The number of benzene rings is 1. The highest BCUT2D eigenvalue weighted by Gasteiger charge is 2.18. The van der Waals surface area contributed by atoms with Crippen LogP contribution in [0.4, 0.5) is 0 Å². The minimum absolute atomic E-state index is 0.312. The minimum atomic E-state index is -1.49. The summed E-state index contributed by atoms with van der Waals surface area (Å²) in [4.78, 5) is 13.5. The summed E-state index contributed by atoms with van der Waals surface area (Å²) in [5, 5.41) is 18.9. The number of fused-ring (bicyclic) bond motifs is 1. The summed E-state index contributed by atoms with van der Waals surface area (Å²) in [6, 6.07) is 7.34. The molecule has 2 rings (SSSR count). The summed E-state index contributed by atoms with van der Waals surface area (Å²) in [7, 11) is 0. The molecule has 15 heavy (non-hydrogen) atoms. The van der Waals surface area contributed by atoms with Crippen molar-refractivity contribution in [3.05, 3.63) is 35.5 Å². The Morgan fingerprint density at radius 3 is 2.80 bits per heavy atom. The third-order valence-corrected chi connectivity index (χ3v) is 2.41. The van der Waals surface area contributed by atoms with Crippen LogP contribution in [-0.4, -0.2) is 21.2 Å². The van der Waals surface area contributed by atoms with Crippen molar-refractivity contribution < 1.29 is 15.0 Å². The molecule has 0 radical (unpaired) electrons. The number of hydrogen-bond donors (Lipinski definition) is 3. The van der Waals surface area contributed by atoms with Crippen LogP contribution < -0.4 is 0 Å². The number of carboxylic acid groups (broad SMARTS) is 1. The minimum Gasteiger partial charge on any atom is -0.479 e. The number of H-pyrrole nitrogens is 1. The van der Waals surface area contributed by atoms with Gasteiger partial charge in [0.15, 0.2) is 6.10 Å². The number of nitrogens with one attached hydrogen (secondary N) is 1. The van der Waals surface area contributed by atoms with Gasteiger partial charge < -0.3 is 15.2 Å². The molecule has 0 saturated carbocycles. The molecule has 0 bridgehead atoms. The number of para-hydroxylation sites is 1. The Morgan fingerprint density at radius 2 is 2.20 bits per heavy atom. The van der Waals surface area contributed by atoms with Crippen molar-refractivity contribution in [1.82, 2.24) is 4.98 Å². The van der Waals surface area contributed by atoms with E-state index in [2.05, 4.69) is 4.98 Å². The van der Waals surface area contributed by atoms with Gasteiger partial charge in [-0.3, -0.25) is 0 Å². The molecule has 1 atom stereocenters. The summed E-state index contributed by atoms with van der Waals surface area (Å²) in [6.07, 6.45) is -1.49. The summed E-state index contributed by atoms with van der Waals surface area (Å²) in [6.45, 7) is 1.93. The molecular weight excluding hydrogens is 194 g/mol. The summed E-state index contributed by atoms with van der Waals surface area (Å²) in [5.41, 5.74) is 2.20. The van der Waals surface area contributed by atoms with Crippen LogP contribution in [0.1, 0.15) is 17.4 Å². The SMILES string of the molecule is Cc1cccc2cc(C(O)C(=O)O)[nH]c12. The van der Waals surface area contributed by atoms with Gasteiger partial charge in [-0.1, -0.05) is 18.2 Å². The second-order valence-corrected chi connectivity index (χ2v) is 3.50. The van der Waals surface area contributed by atoms with Crippen molar-refractivity contribution >= 4 is 16.9 Å². The fraction of sp³-hybridized carbons (Fsp3) is 0.182. The van der Waals surface area contributed by atoms with E-state index in [4.69, 9.17) is 5.11 Å². The molecule has 4 nitrogen and oxygen atoms in total. The van der Waals surface area contributed by atoms with Crippen LogP contribution in [0.3, 0.4) is 0 Å². The van der Waals surface area contributed by atoms with E-state index in [9.17, 15) is 9.90 Å². The molecule has 2 aromatic rings. The molecular formula is C11H11NO3. The molecule has 0 spiro atoms. The van der Waals surface area contributed by atoms with Gasteiger partial charge in [0.05, 0.1) is 5.69 Å². The number of hydrogen-bond acceptors (Lipinski definition) is 2. The smallest absolute Gasteiger partial charge is 0.338 e. The first-order valence-corrected chi connectivity index (χ1v) is 4.58. The van der Waals surface area contributed by atoms with Crippen LogP contribution in [-0.2, 0) is 4.79 Å². The van der Waals surface area contributed by atoms with Gasteiger partial charge in [-0.15, -0.1) is 0 Å². The molecule has 0 aliphatic rings. The average Bonchev–Trinajstić information content (AvgIpc) is 2.61. The maximum atomic E-state index is 10.6. The van der Waals surface area contributed by atoms with Crippen LogP contribution in [0, 0.1) is 6.92 Å². The van der Waals surface area contributed by atoms with E-state index in [1.54, 1.807) is 6.07 Å². The number of carbonyl (C=O) groups is 1. The molecule has 0 aliphatic heterocycles. The second kappa shape index (κ2) is 3.40. The Hall–Kier alpha value is -1.81. The maximum absolute atomic E-state index is 10.6. The Morgan fingerprint density at radius 1 is 1.47 bits per heavy atom. The van der Waals surface area contributed by atoms with E-state index in [-0.39, 0.29) is 0 Å². The van der Waals surface area contributed by atoms with Crippen LogP contribution in [0.15, 0.2) is 24.3 Å². The van der Waals surface area contributed by atoms with Crippen molar-refractivity contribution in [2.75, 3.05) is 0 Å². The lowest BCUT2D eigenvalue weighted by atomic mass is 10.1. The van der Waals surface area contributed by atoms with Crippen molar-refractivity contribution in [2.24, 2.45) is 0 Å². The van der Waals surface area contributed by atoms with Crippen LogP contribution >= 0.6 is 0 Å². The van der Waals surface area contributed by atoms with Gasteiger partial charge in [-0.2, -0.15) is 0 Å². The van der Waals surface area contributed by atoms with Gasteiger partial charge >= 0.3 is 5.97 Å². The van der Waals surface area contributed by atoms with Crippen LogP contribution in [0.2, 0.25) is 0 Å². The zero-order valence-corrected chi connectivity index (χ0v) is 8.19. The first-order valence-electron chi connectivity index (χ1n) is 4.58. The molecule has 0 amide bonds. The second-order valence-electron chi connectivity index (χ2n) is 3.50. The molecule has 3 N–H and O–H groups in total. The number of aliphatic hydroxyl groups excluding tert-OH is 1. The lowest BCUT2D eigenvalue weighted by Crippen LogP contribution is -2.10. The van der Waals surface area contributed by atoms with Crippen molar-refractivity contribution in [3.8, 4) is 0 Å². The number of rotatable bonds is 2. The summed E-state index contributed by atoms with van der Waals surface area (Å²) < 4.78 is 0. The van der Waals surface area contributed by atoms with Gasteiger partial charge in [0.25, 0.3) is 0 Å². The van der Waals surface area contributed by atoms with Gasteiger partial charge in [0, 0.05) is 10.9 Å². The average molecular weight is 205 g/mol. The molecule has 1 aromatic carbocycles. The summed E-state index contributed by atoms with van der Waals surface area (Å²) in [5.74, 6) is -1.25. The molecule has 1 unspecified atom stereocenters. The Bertz CT molecular complexity index is 516. The topological polar surface area (TPSA) is 73.3 Å². The van der Waals surface area contributed by atoms with Gasteiger partial charge in [-0.25, -0.2) is 4.79 Å². The Balaban J connectivity index is 2.56. The molecule has 0 fully saturated rings. The van der Waals surface area contributed by atoms with E-state index in [0.29, 0.717) is 5.69 Å². The molecule has 78 valence electrons. The van der Waals surface area contributed by atoms with E-state index < -0.39 is 12.1 Å². The summed E-state index contributed by atoms with van der Waals surface area (Å²) >= 11 is 0. The predicted octanol–water partition coefficient (Wildman–Crippen LogP) is 1.59. The highest BCUT2D eigenvalue weighted by molar-refractivity contribution is 5.85. The van der Waals surface area contributed by atoms with Crippen molar-refractivity contribution in [2.45, 2.75) is 13.0 Å². The largest absolute Gasteiger partial charge is 0.479 e. The number of carboxylic acids is 1. The van der Waals surface area contributed by atoms with Crippen molar-refractivity contribution in [3.63, 3.8) is 0 Å². The standard InChI is InChI=1S/C11H11NO3/c1-6-3-2-4-7-5-8(12-9(6)7)10(13)11(14)15/h2-5,10,12-13H,1H3,(H,14,15). The Labute approximate surface area is 86.2 Å². The van der Waals surface area contributed by atoms with Crippen molar-refractivity contribution in [1.29, 1.82) is 0 Å². The molecule has 0 aliphatic carbocycles. The Kier molecular flexibility index (Phi) is 2.21. The van der Waals surface area contributed by atoms with E-state index in [1.807, 2.05) is 25.1 Å². The zero-order chi connectivity index (χ0) is 11.0. The normalized spacial score (nSPS) is 12.9. The lowest BCUT2D eigenvalue weighted by molar-refractivity contribution is -0.147. The molecule has 0 saturated heterocycles. The van der Waals surface area contributed by atoms with Gasteiger partial charge in [0.2, 0.25) is 0 Å². The molecule has 1 heterocycles. The number of aromatic nitrogens is 1. The van der Waals surface area contributed by atoms with Crippen LogP contribution in [0.25, 0.3) is 10.9 Å². The third kappa shape index (κ3) is 1.59. The maximum Gasteiger partial charge on any atom is 0.338 e. The predicted molar refractivity (Wildman–Crippen MR) is 55.6 cm³/mol. The lowest BCUT2D eigenvalue weighted by Gasteiger charge is -2.00. The molecule has 4 heteroatoms. The van der Waals surface area contributed by atoms with E-state index >= 15 is 0 Å². The number of aliphatic carboxylic acids is 1. The van der Waals surface area contributed by atoms with E-state index in [1.165, 1.54) is 0 Å². The first kappa shape index (κ1) is 9.73.